The van der Waals surface area contributed by atoms with E-state index >= 15 is 0 Å². The van der Waals surface area contributed by atoms with Crippen LogP contribution < -0.4 is 5.32 Å². The number of anilines is 1. The Kier molecular flexibility index (Phi) is 3.98. The van der Waals surface area contributed by atoms with Gasteiger partial charge in [0, 0.05) is 12.6 Å². The van der Waals surface area contributed by atoms with E-state index in [-0.39, 0.29) is 0 Å². The zero-order chi connectivity index (χ0) is 10.6. The van der Waals surface area contributed by atoms with Crippen molar-refractivity contribution in [3.63, 3.8) is 0 Å². The van der Waals surface area contributed by atoms with Crippen LogP contribution in [0.4, 0.5) is 5.69 Å². The molecule has 0 saturated carbocycles. The lowest BCUT2D eigenvalue weighted by Gasteiger charge is -2.09. The van der Waals surface area contributed by atoms with Crippen molar-refractivity contribution in [2.75, 3.05) is 5.32 Å². The van der Waals surface area contributed by atoms with Crippen molar-refractivity contribution in [3.8, 4) is 0 Å². The van der Waals surface area contributed by atoms with Gasteiger partial charge in [0.25, 0.3) is 0 Å². The Morgan fingerprint density at radius 1 is 1.50 bits per heavy atom. The van der Waals surface area contributed by atoms with Crippen LogP contribution in [0.2, 0.25) is 0 Å². The number of hydrogen-bond donors (Lipinski definition) is 1. The maximum atomic E-state index is 4.36. The molecule has 0 saturated heterocycles. The summed E-state index contributed by atoms with van der Waals surface area (Å²) in [6, 6.07) is 0.470. The quantitative estimate of drug-likeness (QED) is 0.783. The molecule has 3 heteroatoms. The smallest absolute Gasteiger partial charge is 0.0758 e. The molecular formula is C11H21N3. The second-order valence-electron chi connectivity index (χ2n) is 4.02. The summed E-state index contributed by atoms with van der Waals surface area (Å²) >= 11 is 0. The van der Waals surface area contributed by atoms with Crippen molar-refractivity contribution in [2.24, 2.45) is 0 Å². The summed E-state index contributed by atoms with van der Waals surface area (Å²) in [5, 5.41) is 7.75. The average Bonchev–Trinajstić information content (AvgIpc) is 2.45. The number of nitrogens with zero attached hydrogens (tertiary/aromatic N) is 2. The van der Waals surface area contributed by atoms with E-state index in [9.17, 15) is 0 Å². The third-order valence-corrected chi connectivity index (χ3v) is 2.27. The van der Waals surface area contributed by atoms with Crippen LogP contribution >= 0.6 is 0 Å². The van der Waals surface area contributed by atoms with Gasteiger partial charge in [-0.1, -0.05) is 13.3 Å². The minimum atomic E-state index is 0.470. The van der Waals surface area contributed by atoms with E-state index in [1.165, 1.54) is 18.5 Å². The molecule has 0 atom stereocenters. The van der Waals surface area contributed by atoms with E-state index < -0.39 is 0 Å². The van der Waals surface area contributed by atoms with Crippen molar-refractivity contribution in [2.45, 2.75) is 53.1 Å². The fraction of sp³-hybridized carbons (Fsp3) is 0.727. The third kappa shape index (κ3) is 2.76. The first kappa shape index (κ1) is 11.1. The van der Waals surface area contributed by atoms with Crippen molar-refractivity contribution in [3.05, 3.63) is 11.9 Å². The zero-order valence-electron chi connectivity index (χ0n) is 9.67. The highest BCUT2D eigenvalue weighted by Gasteiger charge is 2.05. The Morgan fingerprint density at radius 3 is 2.79 bits per heavy atom. The van der Waals surface area contributed by atoms with Gasteiger partial charge in [0.15, 0.2) is 0 Å². The lowest BCUT2D eigenvalue weighted by molar-refractivity contribution is 0.559. The molecule has 1 N–H and O–H groups in total. The predicted octanol–water partition coefficient (Wildman–Crippen LogP) is 2.81. The summed E-state index contributed by atoms with van der Waals surface area (Å²) < 4.78 is 2.08. The summed E-state index contributed by atoms with van der Waals surface area (Å²) in [7, 11) is 0. The number of nitrogens with one attached hydrogen (secondary N) is 1. The minimum Gasteiger partial charge on any atom is -0.380 e. The summed E-state index contributed by atoms with van der Waals surface area (Å²) in [6.45, 7) is 9.63. The first-order chi connectivity index (χ1) is 6.65. The number of unbranched alkanes of at least 4 members (excludes halogenated alkanes) is 1. The monoisotopic (exact) mass is 195 g/mol. The molecule has 80 valence electrons. The summed E-state index contributed by atoms with van der Waals surface area (Å²) in [4.78, 5) is 0. The molecule has 3 nitrogen and oxygen atoms in total. The highest BCUT2D eigenvalue weighted by atomic mass is 15.3. The molecule has 14 heavy (non-hydrogen) atoms. The van der Waals surface area contributed by atoms with Crippen molar-refractivity contribution in [1.82, 2.24) is 9.78 Å². The van der Waals surface area contributed by atoms with Crippen LogP contribution in [-0.4, -0.2) is 15.8 Å². The number of rotatable bonds is 5. The van der Waals surface area contributed by atoms with Crippen LogP contribution in [0.5, 0.6) is 0 Å². The van der Waals surface area contributed by atoms with E-state index in [1.54, 1.807) is 0 Å². The zero-order valence-corrected chi connectivity index (χ0v) is 9.67. The molecule has 1 aromatic heterocycles. The maximum Gasteiger partial charge on any atom is 0.0758 e. The second kappa shape index (κ2) is 5.03. The van der Waals surface area contributed by atoms with Crippen molar-refractivity contribution in [1.29, 1.82) is 0 Å². The van der Waals surface area contributed by atoms with Gasteiger partial charge in [0.1, 0.15) is 0 Å². The molecule has 0 aromatic carbocycles. The average molecular weight is 195 g/mol. The number of hydrogen-bond acceptors (Lipinski definition) is 2. The van der Waals surface area contributed by atoms with E-state index in [0.717, 1.165) is 12.2 Å². The molecule has 1 heterocycles. The van der Waals surface area contributed by atoms with Gasteiger partial charge < -0.3 is 5.32 Å². The molecule has 0 fully saturated rings. The lowest BCUT2D eigenvalue weighted by atomic mass is 10.3. The maximum absolute atomic E-state index is 4.36. The SMILES string of the molecule is CCCCn1ncc(NC(C)C)c1C. The van der Waals surface area contributed by atoms with Gasteiger partial charge in [0.2, 0.25) is 0 Å². The van der Waals surface area contributed by atoms with Gasteiger partial charge >= 0.3 is 0 Å². The molecule has 1 aromatic rings. The van der Waals surface area contributed by atoms with Gasteiger partial charge in [0.05, 0.1) is 17.6 Å². The molecule has 0 aliphatic heterocycles. The lowest BCUT2D eigenvalue weighted by Crippen LogP contribution is -2.10. The summed E-state index contributed by atoms with van der Waals surface area (Å²) in [5.41, 5.74) is 2.41. The molecule has 0 aliphatic carbocycles. The third-order valence-electron chi connectivity index (χ3n) is 2.27. The second-order valence-corrected chi connectivity index (χ2v) is 4.02. The molecule has 0 spiro atoms. The normalized spacial score (nSPS) is 10.9. The highest BCUT2D eigenvalue weighted by Crippen LogP contribution is 2.14. The van der Waals surface area contributed by atoms with E-state index in [1.807, 2.05) is 6.20 Å². The van der Waals surface area contributed by atoms with Gasteiger partial charge in [-0.05, 0) is 27.2 Å². The predicted molar refractivity (Wildman–Crippen MR) is 60.6 cm³/mol. The standard InChI is InChI=1S/C11H21N3/c1-5-6-7-14-10(4)11(8-12-14)13-9(2)3/h8-9,13H,5-7H2,1-4H3. The highest BCUT2D eigenvalue weighted by molar-refractivity contribution is 5.46. The Morgan fingerprint density at radius 2 is 2.21 bits per heavy atom. The molecule has 0 aliphatic rings. The van der Waals surface area contributed by atoms with Crippen molar-refractivity contribution < 1.29 is 0 Å². The van der Waals surface area contributed by atoms with Gasteiger partial charge in [-0.2, -0.15) is 5.10 Å². The minimum absolute atomic E-state index is 0.470. The molecule has 0 amide bonds. The van der Waals surface area contributed by atoms with E-state index in [0.29, 0.717) is 6.04 Å². The fourth-order valence-electron chi connectivity index (χ4n) is 1.43. The van der Waals surface area contributed by atoms with Crippen LogP contribution in [0.3, 0.4) is 0 Å². The van der Waals surface area contributed by atoms with E-state index in [4.69, 9.17) is 0 Å². The molecule has 0 radical (unpaired) electrons. The van der Waals surface area contributed by atoms with Gasteiger partial charge in [-0.3, -0.25) is 4.68 Å². The summed E-state index contributed by atoms with van der Waals surface area (Å²) in [5.74, 6) is 0. The molecule has 0 bridgehead atoms. The van der Waals surface area contributed by atoms with Gasteiger partial charge in [-0.15, -0.1) is 0 Å². The first-order valence-corrected chi connectivity index (χ1v) is 5.44. The fourth-order valence-corrected chi connectivity index (χ4v) is 1.43. The number of aryl methyl sites for hydroxylation is 1. The topological polar surface area (TPSA) is 29.9 Å². The van der Waals surface area contributed by atoms with Crippen LogP contribution in [-0.2, 0) is 6.54 Å². The summed E-state index contributed by atoms with van der Waals surface area (Å²) in [6.07, 6.45) is 4.33. The Balaban J connectivity index is 2.65. The Labute approximate surface area is 86.5 Å². The van der Waals surface area contributed by atoms with E-state index in [2.05, 4.69) is 42.8 Å². The Bertz CT molecular complexity index is 276. The van der Waals surface area contributed by atoms with Crippen LogP contribution in [0.25, 0.3) is 0 Å². The molecule has 1 rings (SSSR count). The van der Waals surface area contributed by atoms with Crippen molar-refractivity contribution >= 4 is 5.69 Å². The van der Waals surface area contributed by atoms with Crippen LogP contribution in [0.1, 0.15) is 39.3 Å². The largest absolute Gasteiger partial charge is 0.380 e. The van der Waals surface area contributed by atoms with Crippen LogP contribution in [0.15, 0.2) is 6.20 Å². The van der Waals surface area contributed by atoms with Crippen LogP contribution in [0, 0.1) is 6.92 Å². The Hall–Kier alpha value is -0.990. The van der Waals surface area contributed by atoms with Gasteiger partial charge in [-0.25, -0.2) is 0 Å². The molecule has 0 unspecified atom stereocenters. The number of aromatic nitrogens is 2. The molecular weight excluding hydrogens is 174 g/mol. The first-order valence-electron chi connectivity index (χ1n) is 5.44.